The van der Waals surface area contributed by atoms with Gasteiger partial charge in [0, 0.05) is 33.9 Å². The smallest absolute Gasteiger partial charge is 0.188 e. The van der Waals surface area contributed by atoms with E-state index in [9.17, 15) is 0 Å². The molecule has 2 aromatic heterocycles. The second-order valence-electron chi connectivity index (χ2n) is 6.13. The van der Waals surface area contributed by atoms with Crippen LogP contribution in [0.15, 0.2) is 17.0 Å². The third-order valence-electron chi connectivity index (χ3n) is 4.23. The number of hydrogen-bond acceptors (Lipinski definition) is 6. The maximum atomic E-state index is 5.45. The van der Waals surface area contributed by atoms with E-state index in [2.05, 4.69) is 29.4 Å². The van der Waals surface area contributed by atoms with Crippen molar-refractivity contribution in [2.24, 2.45) is 0 Å². The van der Waals surface area contributed by atoms with Gasteiger partial charge in [0.25, 0.3) is 0 Å². The molecule has 1 fully saturated rings. The topological polar surface area (TPSA) is 47.0 Å². The highest BCUT2D eigenvalue weighted by atomic mass is 32.2. The van der Waals surface area contributed by atoms with Crippen molar-refractivity contribution in [1.29, 1.82) is 0 Å². The lowest BCUT2D eigenvalue weighted by Gasteiger charge is -2.21. The molecular weight excluding hydrogens is 326 g/mol. The van der Waals surface area contributed by atoms with Gasteiger partial charge in [0.1, 0.15) is 5.82 Å². The van der Waals surface area contributed by atoms with E-state index >= 15 is 0 Å². The highest BCUT2D eigenvalue weighted by Gasteiger charge is 2.18. The Labute approximate surface area is 145 Å². The molecule has 1 aliphatic heterocycles. The van der Waals surface area contributed by atoms with Gasteiger partial charge in [0.05, 0.1) is 5.69 Å². The maximum Gasteiger partial charge on any atom is 0.188 e. The zero-order valence-electron chi connectivity index (χ0n) is 13.3. The largest absolute Gasteiger partial charge is 0.381 e. The van der Waals surface area contributed by atoms with Gasteiger partial charge in [-0.15, -0.1) is 23.1 Å². The van der Waals surface area contributed by atoms with Crippen LogP contribution in [0.3, 0.4) is 0 Å². The quantitative estimate of drug-likeness (QED) is 0.891. The Morgan fingerprint density at radius 1 is 1.22 bits per heavy atom. The molecule has 4 nitrogen and oxygen atoms in total. The highest BCUT2D eigenvalue weighted by molar-refractivity contribution is 8.00. The minimum atomic E-state index is 0.655. The van der Waals surface area contributed by atoms with Gasteiger partial charge in [-0.1, -0.05) is 0 Å². The number of aromatic nitrogens is 2. The summed E-state index contributed by atoms with van der Waals surface area (Å²) in [6, 6.07) is 4.33. The van der Waals surface area contributed by atoms with Crippen LogP contribution in [0.25, 0.3) is 0 Å². The second-order valence-corrected chi connectivity index (χ2v) is 8.58. The van der Waals surface area contributed by atoms with Crippen LogP contribution in [0.4, 0.5) is 10.9 Å². The van der Waals surface area contributed by atoms with Gasteiger partial charge in [0.2, 0.25) is 0 Å². The van der Waals surface area contributed by atoms with Gasteiger partial charge >= 0.3 is 0 Å². The summed E-state index contributed by atoms with van der Waals surface area (Å²) < 4.78 is 5.45. The molecular formula is C17H21N3OS2. The number of pyridine rings is 1. The lowest BCUT2D eigenvalue weighted by atomic mass is 10.2. The number of nitrogens with one attached hydrogen (secondary N) is 1. The van der Waals surface area contributed by atoms with Gasteiger partial charge in [-0.3, -0.25) is 0 Å². The van der Waals surface area contributed by atoms with E-state index in [0.717, 1.165) is 49.1 Å². The minimum absolute atomic E-state index is 0.655. The number of rotatable bonds is 4. The molecule has 1 aliphatic carbocycles. The Morgan fingerprint density at radius 2 is 2.09 bits per heavy atom. The van der Waals surface area contributed by atoms with Gasteiger partial charge in [-0.25, -0.2) is 9.97 Å². The van der Waals surface area contributed by atoms with E-state index in [0.29, 0.717) is 5.25 Å². The van der Waals surface area contributed by atoms with Crippen molar-refractivity contribution in [3.8, 4) is 0 Å². The number of thiazole rings is 1. The van der Waals surface area contributed by atoms with E-state index in [-0.39, 0.29) is 0 Å². The van der Waals surface area contributed by atoms with E-state index in [1.807, 2.05) is 11.8 Å². The predicted octanol–water partition coefficient (Wildman–Crippen LogP) is 4.35. The van der Waals surface area contributed by atoms with E-state index in [4.69, 9.17) is 9.72 Å². The molecule has 23 heavy (non-hydrogen) atoms. The number of fused-ring (bicyclic) bond motifs is 1. The van der Waals surface area contributed by atoms with Crippen LogP contribution in [-0.4, -0.2) is 28.4 Å². The first kappa shape index (κ1) is 15.4. The van der Waals surface area contributed by atoms with Gasteiger partial charge in [-0.05, 0) is 51.2 Å². The molecule has 2 aromatic rings. The summed E-state index contributed by atoms with van der Waals surface area (Å²) >= 11 is 3.73. The first-order valence-corrected chi connectivity index (χ1v) is 9.94. The Hall–Kier alpha value is -1.11. The summed E-state index contributed by atoms with van der Waals surface area (Å²) in [6.45, 7) is 3.83. The highest BCUT2D eigenvalue weighted by Crippen LogP contribution is 2.34. The molecule has 1 N–H and O–H groups in total. The number of anilines is 2. The second kappa shape index (κ2) is 6.79. The molecule has 0 aromatic carbocycles. The first-order valence-electron chi connectivity index (χ1n) is 8.25. The Morgan fingerprint density at radius 3 is 2.91 bits per heavy atom. The SMILES string of the molecule is Cc1cc(SC2CCOCC2)cc(Nc2nc3c(s2)CCC3)n1. The van der Waals surface area contributed by atoms with Crippen molar-refractivity contribution in [2.75, 3.05) is 18.5 Å². The van der Waals surface area contributed by atoms with Gasteiger partial charge in [-0.2, -0.15) is 0 Å². The fourth-order valence-corrected chi connectivity index (χ4v) is 5.40. The lowest BCUT2D eigenvalue weighted by Crippen LogP contribution is -2.17. The molecule has 0 radical (unpaired) electrons. The zero-order chi connectivity index (χ0) is 15.6. The predicted molar refractivity (Wildman–Crippen MR) is 96.1 cm³/mol. The van der Waals surface area contributed by atoms with Crippen LogP contribution in [-0.2, 0) is 17.6 Å². The third-order valence-corrected chi connectivity index (χ3v) is 6.61. The molecule has 0 amide bonds. The standard InChI is InChI=1S/C17H21N3OS2/c1-11-9-13(22-12-5-7-21-8-6-12)10-16(18-11)20-17-19-14-3-2-4-15(14)23-17/h9-10,12H,2-8H2,1H3,(H,18,19,20). The summed E-state index contributed by atoms with van der Waals surface area (Å²) in [7, 11) is 0. The fourth-order valence-electron chi connectivity index (χ4n) is 3.11. The van der Waals surface area contributed by atoms with Crippen LogP contribution in [0, 0.1) is 6.92 Å². The summed E-state index contributed by atoms with van der Waals surface area (Å²) in [4.78, 5) is 12.1. The molecule has 3 heterocycles. The molecule has 1 saturated heterocycles. The van der Waals surface area contributed by atoms with E-state index < -0.39 is 0 Å². The molecule has 0 spiro atoms. The van der Waals surface area contributed by atoms with Crippen LogP contribution in [0.2, 0.25) is 0 Å². The monoisotopic (exact) mass is 347 g/mol. The van der Waals surface area contributed by atoms with Crippen molar-refractivity contribution in [1.82, 2.24) is 9.97 Å². The van der Waals surface area contributed by atoms with Crippen LogP contribution in [0.5, 0.6) is 0 Å². The van der Waals surface area contributed by atoms with Crippen molar-refractivity contribution in [2.45, 2.75) is 49.2 Å². The van der Waals surface area contributed by atoms with Gasteiger partial charge in [0.15, 0.2) is 5.13 Å². The third kappa shape index (κ3) is 3.70. The number of thioether (sulfide) groups is 1. The van der Waals surface area contributed by atoms with Gasteiger partial charge < -0.3 is 10.1 Å². The summed E-state index contributed by atoms with van der Waals surface area (Å²) in [5.41, 5.74) is 2.33. The molecule has 2 aliphatic rings. The normalized spacial score (nSPS) is 18.1. The Balaban J connectivity index is 1.49. The van der Waals surface area contributed by atoms with Crippen LogP contribution >= 0.6 is 23.1 Å². The van der Waals surface area contributed by atoms with Crippen molar-refractivity contribution in [3.63, 3.8) is 0 Å². The number of nitrogens with zero attached hydrogens (tertiary/aromatic N) is 2. The van der Waals surface area contributed by atoms with E-state index in [1.165, 1.54) is 28.3 Å². The summed E-state index contributed by atoms with van der Waals surface area (Å²) in [6.07, 6.45) is 5.82. The Kier molecular flexibility index (Phi) is 4.55. The molecule has 0 atom stereocenters. The zero-order valence-corrected chi connectivity index (χ0v) is 14.9. The molecule has 0 unspecified atom stereocenters. The van der Waals surface area contributed by atoms with Crippen molar-refractivity contribution < 1.29 is 4.74 Å². The fraction of sp³-hybridized carbons (Fsp3) is 0.529. The number of aryl methyl sites for hydroxylation is 3. The average molecular weight is 348 g/mol. The molecule has 0 bridgehead atoms. The first-order chi connectivity index (χ1) is 11.3. The van der Waals surface area contributed by atoms with Crippen LogP contribution in [0.1, 0.15) is 35.5 Å². The number of ether oxygens (including phenoxy) is 1. The summed E-state index contributed by atoms with van der Waals surface area (Å²) in [5, 5.41) is 5.05. The average Bonchev–Trinajstić information content (AvgIpc) is 3.09. The number of hydrogen-bond donors (Lipinski definition) is 1. The molecule has 4 rings (SSSR count). The maximum absolute atomic E-state index is 5.45. The lowest BCUT2D eigenvalue weighted by molar-refractivity contribution is 0.100. The summed E-state index contributed by atoms with van der Waals surface area (Å²) in [5.74, 6) is 0.909. The van der Waals surface area contributed by atoms with Crippen molar-refractivity contribution >= 4 is 34.0 Å². The van der Waals surface area contributed by atoms with E-state index in [1.54, 1.807) is 11.3 Å². The van der Waals surface area contributed by atoms with Crippen LogP contribution < -0.4 is 5.32 Å². The molecule has 122 valence electrons. The molecule has 0 saturated carbocycles. The Bertz CT molecular complexity index is 674. The minimum Gasteiger partial charge on any atom is -0.381 e. The van der Waals surface area contributed by atoms with Crippen molar-refractivity contribution in [3.05, 3.63) is 28.4 Å². The molecule has 6 heteroatoms.